The highest BCUT2D eigenvalue weighted by atomic mass is 16.6. The first-order chi connectivity index (χ1) is 26.6. The second kappa shape index (κ2) is 34.9. The predicted octanol–water partition coefficient (Wildman–Crippen LogP) is 13.4. The van der Waals surface area contributed by atoms with E-state index in [1.807, 2.05) is 0 Å². The van der Waals surface area contributed by atoms with Gasteiger partial charge in [0.15, 0.2) is 11.5 Å². The van der Waals surface area contributed by atoms with Crippen molar-refractivity contribution in [3.63, 3.8) is 0 Å². The molecule has 0 saturated carbocycles. The minimum Gasteiger partial charge on any atom is -0.504 e. The number of rotatable bonds is 5. The van der Waals surface area contributed by atoms with Gasteiger partial charge in [0.1, 0.15) is 19.3 Å². The molecule has 2 rings (SSSR count). The number of ether oxygens (including phenoxy) is 4. The highest BCUT2D eigenvalue weighted by Crippen LogP contribution is 2.27. The van der Waals surface area contributed by atoms with Crippen LogP contribution in [0.5, 0.6) is 11.5 Å². The summed E-state index contributed by atoms with van der Waals surface area (Å²) in [7, 11) is 1.48. The second-order valence-electron chi connectivity index (χ2n) is 15.8. The van der Waals surface area contributed by atoms with Gasteiger partial charge in [-0.25, -0.2) is 4.79 Å². The van der Waals surface area contributed by atoms with Gasteiger partial charge in [0.25, 0.3) is 0 Å². The average molecular weight is 757 g/mol. The largest absolute Gasteiger partial charge is 0.504 e. The molecular formula is C47H80O7. The average Bonchev–Trinajstić information content (AvgIpc) is 3.18. The molecule has 0 radical (unpaired) electrons. The lowest BCUT2D eigenvalue weighted by molar-refractivity contribution is -0.153. The Labute approximate surface area is 330 Å². The van der Waals surface area contributed by atoms with Crippen molar-refractivity contribution < 1.29 is 33.6 Å². The van der Waals surface area contributed by atoms with Gasteiger partial charge in [-0.3, -0.25) is 4.79 Å². The second-order valence-corrected chi connectivity index (χ2v) is 15.8. The summed E-state index contributed by atoms with van der Waals surface area (Å²) in [5.41, 5.74) is 0.696. The van der Waals surface area contributed by atoms with Gasteiger partial charge in [-0.05, 0) is 36.6 Å². The van der Waals surface area contributed by atoms with Crippen molar-refractivity contribution in [2.75, 3.05) is 26.9 Å². The van der Waals surface area contributed by atoms with E-state index in [9.17, 15) is 14.7 Å². The molecule has 0 bridgehead atoms. The number of cyclic esters (lactones) is 1. The van der Waals surface area contributed by atoms with E-state index in [-0.39, 0.29) is 24.9 Å². The van der Waals surface area contributed by atoms with Gasteiger partial charge in [-0.1, -0.05) is 192 Å². The molecule has 1 heterocycles. The summed E-state index contributed by atoms with van der Waals surface area (Å²) in [5, 5.41) is 9.81. The molecule has 7 heteroatoms. The van der Waals surface area contributed by atoms with Crippen LogP contribution in [0.15, 0.2) is 24.3 Å². The Hall–Kier alpha value is -2.54. The maximum absolute atomic E-state index is 12.5. The fourth-order valence-electron chi connectivity index (χ4n) is 7.34. The third kappa shape index (κ3) is 28.0. The monoisotopic (exact) mass is 757 g/mol. The first kappa shape index (κ1) is 47.6. The molecule has 1 aliphatic heterocycles. The van der Waals surface area contributed by atoms with E-state index in [1.165, 1.54) is 193 Å². The Morgan fingerprint density at radius 3 is 1.48 bits per heavy atom. The number of phenols is 1. The smallest absolute Gasteiger partial charge is 0.330 e. The lowest BCUT2D eigenvalue weighted by Gasteiger charge is -2.18. The van der Waals surface area contributed by atoms with Crippen molar-refractivity contribution in [2.24, 2.45) is 0 Å². The Morgan fingerprint density at radius 2 is 1.06 bits per heavy atom. The van der Waals surface area contributed by atoms with Crippen LogP contribution in [0.2, 0.25) is 0 Å². The summed E-state index contributed by atoms with van der Waals surface area (Å²) >= 11 is 0. The van der Waals surface area contributed by atoms with Crippen LogP contribution in [0.4, 0.5) is 0 Å². The van der Waals surface area contributed by atoms with Gasteiger partial charge < -0.3 is 24.1 Å². The third-order valence-electron chi connectivity index (χ3n) is 10.8. The Kier molecular flexibility index (Phi) is 30.8. The number of carbonyl (C=O) groups is 2. The molecule has 1 aliphatic rings. The van der Waals surface area contributed by atoms with Crippen molar-refractivity contribution in [2.45, 2.75) is 212 Å². The van der Waals surface area contributed by atoms with Crippen molar-refractivity contribution >= 4 is 18.0 Å². The molecule has 0 unspecified atom stereocenters. The normalized spacial score (nSPS) is 21.6. The Bertz CT molecular complexity index is 1070. The zero-order chi connectivity index (χ0) is 38.6. The van der Waals surface area contributed by atoms with Crippen molar-refractivity contribution in [1.82, 2.24) is 0 Å². The molecule has 1 fully saturated rings. The molecule has 1 saturated heterocycles. The van der Waals surface area contributed by atoms with Gasteiger partial charge >= 0.3 is 11.9 Å². The number of phenolic OH excluding ortho intramolecular Hbond substituents is 1. The molecule has 54 heavy (non-hydrogen) atoms. The fourth-order valence-corrected chi connectivity index (χ4v) is 7.34. The SMILES string of the molecule is COc1cc(/C=C\C(=O)OC[C@@H]2COC(=O)CCCCCCCCCCCCCCCCCCCCCCCCCCCCCCCCCO2)ccc1O. The molecule has 310 valence electrons. The number of aromatic hydroxyl groups is 1. The standard InChI is InChI=1S/C47H80O7/c1-51-45-39-42(34-36-44(45)48)35-37-47(50)54-41-43-40-53-46(49)33-31-29-27-25-23-21-19-17-15-13-11-9-7-5-3-2-4-6-8-10-12-14-16-18-20-22-24-26-28-30-32-38-52-43/h34-37,39,43,48H,2-33,38,40-41H2,1H3/b37-35-/t43-/m0/s1. The summed E-state index contributed by atoms with van der Waals surface area (Å²) in [6.07, 6.45) is 43.7. The quantitative estimate of drug-likeness (QED) is 0.236. The van der Waals surface area contributed by atoms with Crippen LogP contribution >= 0.6 is 0 Å². The number of benzene rings is 1. The lowest BCUT2D eigenvalue weighted by atomic mass is 10.0. The first-order valence-corrected chi connectivity index (χ1v) is 22.6. The molecule has 0 aromatic heterocycles. The van der Waals surface area contributed by atoms with E-state index in [1.54, 1.807) is 18.2 Å². The first-order valence-electron chi connectivity index (χ1n) is 22.6. The number of hydrogen-bond acceptors (Lipinski definition) is 7. The molecular weight excluding hydrogens is 677 g/mol. The number of methoxy groups -OCH3 is 1. The van der Waals surface area contributed by atoms with Crippen molar-refractivity contribution in [3.05, 3.63) is 29.8 Å². The fraction of sp³-hybridized carbons (Fsp3) is 0.787. The van der Waals surface area contributed by atoms with Gasteiger partial charge in [-0.2, -0.15) is 0 Å². The zero-order valence-corrected chi connectivity index (χ0v) is 34.6. The van der Waals surface area contributed by atoms with Crippen LogP contribution < -0.4 is 4.74 Å². The summed E-state index contributed by atoms with van der Waals surface area (Å²) in [6, 6.07) is 4.84. The van der Waals surface area contributed by atoms with E-state index in [0.29, 0.717) is 24.3 Å². The van der Waals surface area contributed by atoms with Crippen LogP contribution in [-0.4, -0.2) is 50.1 Å². The van der Waals surface area contributed by atoms with E-state index in [0.717, 1.165) is 25.7 Å². The van der Waals surface area contributed by atoms with E-state index in [2.05, 4.69) is 0 Å². The molecule has 1 aromatic rings. The van der Waals surface area contributed by atoms with Gasteiger partial charge in [0.05, 0.1) is 7.11 Å². The highest BCUT2D eigenvalue weighted by molar-refractivity contribution is 5.87. The number of esters is 2. The van der Waals surface area contributed by atoms with E-state index >= 15 is 0 Å². The van der Waals surface area contributed by atoms with Crippen LogP contribution in [0, 0.1) is 0 Å². The minimum atomic E-state index is -0.515. The predicted molar refractivity (Wildman–Crippen MR) is 223 cm³/mol. The maximum Gasteiger partial charge on any atom is 0.330 e. The Balaban J connectivity index is 1.72. The van der Waals surface area contributed by atoms with Crippen LogP contribution in [0.25, 0.3) is 6.08 Å². The molecule has 7 nitrogen and oxygen atoms in total. The Morgan fingerprint density at radius 1 is 0.648 bits per heavy atom. The number of hydrogen-bond donors (Lipinski definition) is 1. The lowest BCUT2D eigenvalue weighted by Crippen LogP contribution is -2.28. The van der Waals surface area contributed by atoms with Crippen molar-refractivity contribution in [3.8, 4) is 11.5 Å². The molecule has 0 amide bonds. The third-order valence-corrected chi connectivity index (χ3v) is 10.8. The molecule has 1 N–H and O–H groups in total. The van der Waals surface area contributed by atoms with Crippen LogP contribution in [0.3, 0.4) is 0 Å². The minimum absolute atomic E-state index is 0.00928. The topological polar surface area (TPSA) is 91.3 Å². The molecule has 0 spiro atoms. The van der Waals surface area contributed by atoms with Crippen molar-refractivity contribution in [1.29, 1.82) is 0 Å². The van der Waals surface area contributed by atoms with E-state index < -0.39 is 12.1 Å². The molecule has 1 atom stereocenters. The molecule has 1 aromatic carbocycles. The van der Waals surface area contributed by atoms with Crippen LogP contribution in [-0.2, 0) is 23.8 Å². The summed E-state index contributed by atoms with van der Waals surface area (Å²) < 4.78 is 22.3. The maximum atomic E-state index is 12.5. The van der Waals surface area contributed by atoms with Gasteiger partial charge in [0, 0.05) is 19.1 Å². The van der Waals surface area contributed by atoms with Gasteiger partial charge in [-0.15, -0.1) is 0 Å². The van der Waals surface area contributed by atoms with Crippen LogP contribution in [0.1, 0.15) is 211 Å². The highest BCUT2D eigenvalue weighted by Gasteiger charge is 2.15. The van der Waals surface area contributed by atoms with E-state index in [4.69, 9.17) is 18.9 Å². The number of carbonyl (C=O) groups excluding carboxylic acids is 2. The van der Waals surface area contributed by atoms with Gasteiger partial charge in [0.2, 0.25) is 0 Å². The molecule has 0 aliphatic carbocycles. The summed E-state index contributed by atoms with van der Waals surface area (Å²) in [6.45, 7) is 0.628. The summed E-state index contributed by atoms with van der Waals surface area (Å²) in [4.78, 5) is 25.1. The zero-order valence-electron chi connectivity index (χ0n) is 34.6. The summed E-state index contributed by atoms with van der Waals surface area (Å²) in [5.74, 6) is -0.370.